The molecule has 0 bridgehead atoms. The first-order valence-electron chi connectivity index (χ1n) is 8.36. The van der Waals surface area contributed by atoms with Crippen molar-refractivity contribution in [3.05, 3.63) is 44.3 Å². The molecule has 2 N–H and O–H groups in total. The molecule has 2 aromatic rings. The monoisotopic (exact) mass is 538 g/mol. The molecule has 0 saturated carbocycles. The number of rotatable bonds is 4. The third-order valence-corrected chi connectivity index (χ3v) is 5.30. The van der Waals surface area contributed by atoms with E-state index in [2.05, 4.69) is 52.9 Å². The molecule has 4 rings (SSSR count). The van der Waals surface area contributed by atoms with Gasteiger partial charge < -0.3 is 18.9 Å². The molecule has 0 radical (unpaired) electrons. The number of hydrazone groups is 2. The fourth-order valence-electron chi connectivity index (χ4n) is 2.49. The second-order valence-electron chi connectivity index (χ2n) is 5.85. The van der Waals surface area contributed by atoms with E-state index in [4.69, 9.17) is 18.9 Å². The Bertz CT molecular complexity index is 1000. The van der Waals surface area contributed by atoms with Gasteiger partial charge in [0.15, 0.2) is 23.0 Å². The molecule has 2 amide bonds. The molecule has 154 valence electrons. The van der Waals surface area contributed by atoms with Crippen molar-refractivity contribution in [2.75, 3.05) is 13.6 Å². The van der Waals surface area contributed by atoms with Crippen molar-refractivity contribution in [3.63, 3.8) is 0 Å². The topological polar surface area (TPSA) is 120 Å². The molecule has 0 aromatic heterocycles. The van der Waals surface area contributed by atoms with Crippen LogP contribution in [0.4, 0.5) is 0 Å². The molecule has 2 aromatic carbocycles. The van der Waals surface area contributed by atoms with Crippen molar-refractivity contribution < 1.29 is 28.5 Å². The van der Waals surface area contributed by atoms with Gasteiger partial charge in [-0.1, -0.05) is 0 Å². The zero-order valence-electron chi connectivity index (χ0n) is 15.0. The maximum atomic E-state index is 11.9. The molecule has 0 atom stereocenters. The summed E-state index contributed by atoms with van der Waals surface area (Å²) in [5.74, 6) is 0.374. The van der Waals surface area contributed by atoms with Crippen molar-refractivity contribution >= 4 is 56.1 Å². The lowest BCUT2D eigenvalue weighted by atomic mass is 10.2. The number of ether oxygens (including phenoxy) is 4. The lowest BCUT2D eigenvalue weighted by molar-refractivity contribution is -0.139. The van der Waals surface area contributed by atoms with E-state index < -0.39 is 11.8 Å². The number of amides is 2. The highest BCUT2D eigenvalue weighted by atomic mass is 79.9. The Morgan fingerprint density at radius 1 is 0.733 bits per heavy atom. The van der Waals surface area contributed by atoms with E-state index in [0.29, 0.717) is 43.1 Å². The summed E-state index contributed by atoms with van der Waals surface area (Å²) in [4.78, 5) is 23.7. The summed E-state index contributed by atoms with van der Waals surface area (Å²) in [6.45, 7) is 0.283. The number of nitrogens with one attached hydrogen (secondary N) is 2. The summed E-state index contributed by atoms with van der Waals surface area (Å²) in [5.41, 5.74) is 5.51. The predicted molar refractivity (Wildman–Crippen MR) is 112 cm³/mol. The highest BCUT2D eigenvalue weighted by Gasteiger charge is 2.17. The van der Waals surface area contributed by atoms with Gasteiger partial charge >= 0.3 is 11.8 Å². The van der Waals surface area contributed by atoms with E-state index >= 15 is 0 Å². The molecule has 2 heterocycles. The Labute approximate surface area is 186 Å². The molecule has 0 fully saturated rings. The van der Waals surface area contributed by atoms with Gasteiger partial charge in [-0.05, 0) is 56.1 Å². The van der Waals surface area contributed by atoms with Crippen LogP contribution in [0, 0.1) is 0 Å². The number of benzene rings is 2. The van der Waals surface area contributed by atoms with E-state index in [1.165, 1.54) is 12.4 Å². The van der Waals surface area contributed by atoms with Crippen LogP contribution in [0.5, 0.6) is 23.0 Å². The molecule has 30 heavy (non-hydrogen) atoms. The van der Waals surface area contributed by atoms with Gasteiger partial charge in [-0.3, -0.25) is 9.59 Å². The number of fused-ring (bicyclic) bond motifs is 2. The minimum absolute atomic E-state index is 0.141. The van der Waals surface area contributed by atoms with E-state index in [-0.39, 0.29) is 13.6 Å². The standard InChI is InChI=1S/C18H12Br2N4O6/c19-11-3-15-13(27-7-29-15)1-9(11)5-21-23-17(25)18(26)24-22-6-10-2-14-16(4-12(10)20)30-8-28-14/h1-6H,7-8H2,(H,23,25)(H,24,26). The van der Waals surface area contributed by atoms with Crippen LogP contribution in [0.3, 0.4) is 0 Å². The summed E-state index contributed by atoms with van der Waals surface area (Å²) in [7, 11) is 0. The largest absolute Gasteiger partial charge is 0.454 e. The maximum Gasteiger partial charge on any atom is 0.331 e. The van der Waals surface area contributed by atoms with Crippen molar-refractivity contribution in [1.29, 1.82) is 0 Å². The third-order valence-electron chi connectivity index (χ3n) is 3.93. The van der Waals surface area contributed by atoms with E-state index in [0.717, 1.165) is 0 Å². The van der Waals surface area contributed by atoms with Crippen LogP contribution >= 0.6 is 31.9 Å². The van der Waals surface area contributed by atoms with Gasteiger partial charge in [-0.2, -0.15) is 10.2 Å². The summed E-state index contributed by atoms with van der Waals surface area (Å²) in [6, 6.07) is 6.83. The number of carbonyl (C=O) groups excluding carboxylic acids is 2. The average molecular weight is 540 g/mol. The van der Waals surface area contributed by atoms with E-state index in [1.54, 1.807) is 24.3 Å². The van der Waals surface area contributed by atoms with Crippen molar-refractivity contribution in [1.82, 2.24) is 10.9 Å². The van der Waals surface area contributed by atoms with Gasteiger partial charge in [0.1, 0.15) is 0 Å². The Hall–Kier alpha value is -3.12. The predicted octanol–water partition coefficient (Wildman–Crippen LogP) is 2.27. The highest BCUT2D eigenvalue weighted by Crippen LogP contribution is 2.37. The second-order valence-corrected chi connectivity index (χ2v) is 7.56. The van der Waals surface area contributed by atoms with Gasteiger partial charge in [-0.15, -0.1) is 0 Å². The Balaban J connectivity index is 1.32. The first-order valence-corrected chi connectivity index (χ1v) is 9.94. The van der Waals surface area contributed by atoms with Gasteiger partial charge in [-0.25, -0.2) is 10.9 Å². The Morgan fingerprint density at radius 2 is 1.10 bits per heavy atom. The summed E-state index contributed by atoms with van der Waals surface area (Å²) < 4.78 is 22.5. The lowest BCUT2D eigenvalue weighted by Crippen LogP contribution is -2.35. The average Bonchev–Trinajstić information content (AvgIpc) is 3.36. The van der Waals surface area contributed by atoms with Gasteiger partial charge in [0.2, 0.25) is 13.6 Å². The van der Waals surface area contributed by atoms with Crippen LogP contribution in [-0.4, -0.2) is 37.8 Å². The maximum absolute atomic E-state index is 11.9. The number of hydrogen-bond donors (Lipinski definition) is 2. The van der Waals surface area contributed by atoms with Crippen LogP contribution in [0.25, 0.3) is 0 Å². The number of carbonyl (C=O) groups is 2. The smallest absolute Gasteiger partial charge is 0.331 e. The molecule has 2 aliphatic rings. The van der Waals surface area contributed by atoms with Crippen LogP contribution in [-0.2, 0) is 9.59 Å². The molecule has 2 aliphatic heterocycles. The van der Waals surface area contributed by atoms with Gasteiger partial charge in [0, 0.05) is 20.1 Å². The lowest BCUT2D eigenvalue weighted by Gasteiger charge is -2.02. The molecule has 0 saturated heterocycles. The SMILES string of the molecule is O=C(NN=Cc1cc2c(cc1Br)OCO2)C(=O)NN=Cc1cc2c(cc1Br)OCO2. The molecule has 0 unspecified atom stereocenters. The van der Waals surface area contributed by atoms with Crippen molar-refractivity contribution in [2.45, 2.75) is 0 Å². The first kappa shape index (κ1) is 20.2. The zero-order valence-corrected chi connectivity index (χ0v) is 18.2. The number of nitrogens with zero attached hydrogens (tertiary/aromatic N) is 2. The minimum Gasteiger partial charge on any atom is -0.454 e. The molecule has 10 nitrogen and oxygen atoms in total. The molecule has 0 aliphatic carbocycles. The quantitative estimate of drug-likeness (QED) is 0.349. The first-order chi connectivity index (χ1) is 14.5. The zero-order chi connectivity index (χ0) is 21.1. The fourth-order valence-corrected chi connectivity index (χ4v) is 3.34. The van der Waals surface area contributed by atoms with Crippen LogP contribution in [0.2, 0.25) is 0 Å². The third kappa shape index (κ3) is 4.39. The summed E-state index contributed by atoms with van der Waals surface area (Å²) in [6.07, 6.45) is 2.73. The second kappa shape index (κ2) is 8.71. The Kier molecular flexibility index (Phi) is 5.86. The normalized spacial score (nSPS) is 13.8. The number of halogens is 2. The summed E-state index contributed by atoms with van der Waals surface area (Å²) in [5, 5.41) is 7.53. The van der Waals surface area contributed by atoms with Crippen LogP contribution in [0.15, 0.2) is 43.4 Å². The fraction of sp³-hybridized carbons (Fsp3) is 0.111. The molecular formula is C18H12Br2N4O6. The minimum atomic E-state index is -0.981. The van der Waals surface area contributed by atoms with Crippen molar-refractivity contribution in [2.24, 2.45) is 10.2 Å². The number of hydrogen-bond acceptors (Lipinski definition) is 8. The highest BCUT2D eigenvalue weighted by molar-refractivity contribution is 9.10. The van der Waals surface area contributed by atoms with E-state index in [1.807, 2.05) is 0 Å². The Morgan fingerprint density at radius 3 is 1.50 bits per heavy atom. The van der Waals surface area contributed by atoms with Crippen LogP contribution in [0.1, 0.15) is 11.1 Å². The van der Waals surface area contributed by atoms with Crippen LogP contribution < -0.4 is 29.8 Å². The van der Waals surface area contributed by atoms with Gasteiger partial charge in [0.25, 0.3) is 0 Å². The summed E-state index contributed by atoms with van der Waals surface area (Å²) >= 11 is 6.74. The van der Waals surface area contributed by atoms with E-state index in [9.17, 15) is 9.59 Å². The molecular weight excluding hydrogens is 528 g/mol. The molecule has 0 spiro atoms. The van der Waals surface area contributed by atoms with Crippen molar-refractivity contribution in [3.8, 4) is 23.0 Å². The molecule has 12 heteroatoms. The van der Waals surface area contributed by atoms with Gasteiger partial charge in [0.05, 0.1) is 12.4 Å².